The van der Waals surface area contributed by atoms with Gasteiger partial charge in [0.25, 0.3) is 0 Å². The Morgan fingerprint density at radius 1 is 1.00 bits per heavy atom. The van der Waals surface area contributed by atoms with Gasteiger partial charge < -0.3 is 5.11 Å². The van der Waals surface area contributed by atoms with E-state index in [0.29, 0.717) is 28.0 Å². The fraction of sp³-hybridized carbons (Fsp3) is 0.524. The molecule has 3 rings (SSSR count). The molecule has 0 bridgehead atoms. The van der Waals surface area contributed by atoms with E-state index in [9.17, 15) is 14.7 Å². The van der Waals surface area contributed by atoms with Crippen LogP contribution in [0, 0.1) is 17.3 Å². The Hall–Kier alpha value is -1.90. The highest BCUT2D eigenvalue weighted by atomic mass is 16.3. The fourth-order valence-corrected chi connectivity index (χ4v) is 4.22. The molecule has 1 fully saturated rings. The predicted octanol–water partition coefficient (Wildman–Crippen LogP) is 4.96. The molecule has 3 nitrogen and oxygen atoms in total. The number of aliphatic hydroxyl groups excluding tert-OH is 1. The second-order valence-corrected chi connectivity index (χ2v) is 7.86. The zero-order valence-corrected chi connectivity index (χ0v) is 14.8. The highest BCUT2D eigenvalue weighted by Gasteiger charge is 2.39. The van der Waals surface area contributed by atoms with Gasteiger partial charge in [-0.05, 0) is 42.9 Å². The minimum Gasteiger partial charge on any atom is -0.507 e. The van der Waals surface area contributed by atoms with E-state index in [0.717, 1.165) is 32.1 Å². The molecule has 0 saturated heterocycles. The zero-order valence-electron chi connectivity index (χ0n) is 14.8. The SMILES string of the molecule is CCC(C)(C)C1CCC(C2=C(O)c3ccccc3C(=O)C2=O)CC1. The lowest BCUT2D eigenvalue weighted by molar-refractivity contribution is -0.112. The molecule has 0 radical (unpaired) electrons. The number of hydrogen-bond acceptors (Lipinski definition) is 3. The Morgan fingerprint density at radius 3 is 2.17 bits per heavy atom. The van der Waals surface area contributed by atoms with Crippen LogP contribution in [0.2, 0.25) is 0 Å². The second-order valence-electron chi connectivity index (χ2n) is 7.86. The van der Waals surface area contributed by atoms with Crippen molar-refractivity contribution < 1.29 is 14.7 Å². The standard InChI is InChI=1S/C21H26O3/c1-4-21(2,3)14-11-9-13(10-12-14)17-18(22)15-7-5-6-8-16(15)19(23)20(17)24/h5-8,13-14,22H,4,9-12H2,1-3H3. The van der Waals surface area contributed by atoms with Gasteiger partial charge in [-0.2, -0.15) is 0 Å². The molecular formula is C21H26O3. The second kappa shape index (κ2) is 6.19. The van der Waals surface area contributed by atoms with Crippen molar-refractivity contribution in [2.75, 3.05) is 0 Å². The van der Waals surface area contributed by atoms with Crippen molar-refractivity contribution in [3.63, 3.8) is 0 Å². The summed E-state index contributed by atoms with van der Waals surface area (Å²) >= 11 is 0. The van der Waals surface area contributed by atoms with Gasteiger partial charge in [-0.3, -0.25) is 9.59 Å². The van der Waals surface area contributed by atoms with Crippen molar-refractivity contribution in [2.24, 2.45) is 17.3 Å². The van der Waals surface area contributed by atoms with Crippen LogP contribution in [0.5, 0.6) is 0 Å². The van der Waals surface area contributed by atoms with Crippen LogP contribution in [0.3, 0.4) is 0 Å². The number of benzene rings is 1. The van der Waals surface area contributed by atoms with Gasteiger partial charge in [0.2, 0.25) is 11.6 Å². The average molecular weight is 326 g/mol. The van der Waals surface area contributed by atoms with Crippen molar-refractivity contribution in [1.29, 1.82) is 0 Å². The van der Waals surface area contributed by atoms with E-state index in [4.69, 9.17) is 0 Å². The summed E-state index contributed by atoms with van der Waals surface area (Å²) in [5.41, 5.74) is 1.49. The molecule has 3 heteroatoms. The Bertz CT molecular complexity index is 704. The molecule has 2 aliphatic carbocycles. The van der Waals surface area contributed by atoms with Crippen LogP contribution < -0.4 is 0 Å². The number of rotatable bonds is 3. The van der Waals surface area contributed by atoms with Gasteiger partial charge in [-0.25, -0.2) is 0 Å². The summed E-state index contributed by atoms with van der Waals surface area (Å²) in [5.74, 6) is -0.325. The van der Waals surface area contributed by atoms with Crippen molar-refractivity contribution in [1.82, 2.24) is 0 Å². The lowest BCUT2D eigenvalue weighted by Crippen LogP contribution is -2.33. The van der Waals surface area contributed by atoms with Gasteiger partial charge in [-0.15, -0.1) is 0 Å². The van der Waals surface area contributed by atoms with E-state index in [-0.39, 0.29) is 11.7 Å². The Kier molecular flexibility index (Phi) is 4.37. The summed E-state index contributed by atoms with van der Waals surface area (Å²) in [6.45, 7) is 6.83. The van der Waals surface area contributed by atoms with Crippen LogP contribution in [-0.4, -0.2) is 16.7 Å². The van der Waals surface area contributed by atoms with Crippen molar-refractivity contribution in [2.45, 2.75) is 52.9 Å². The first-order valence-electron chi connectivity index (χ1n) is 8.98. The maximum Gasteiger partial charge on any atom is 0.234 e. The molecule has 0 heterocycles. The minimum absolute atomic E-state index is 0.00119. The van der Waals surface area contributed by atoms with Crippen LogP contribution in [0.4, 0.5) is 0 Å². The molecule has 1 N–H and O–H groups in total. The van der Waals surface area contributed by atoms with E-state index < -0.39 is 11.6 Å². The molecule has 0 aromatic heterocycles. The first-order valence-corrected chi connectivity index (χ1v) is 8.98. The number of allylic oxidation sites excluding steroid dienone is 1. The van der Waals surface area contributed by atoms with Crippen LogP contribution in [-0.2, 0) is 4.79 Å². The molecule has 1 aromatic rings. The monoisotopic (exact) mass is 326 g/mol. The Balaban J connectivity index is 1.88. The number of carbonyl (C=O) groups excluding carboxylic acids is 2. The maximum atomic E-state index is 12.6. The van der Waals surface area contributed by atoms with Gasteiger partial charge in [0.1, 0.15) is 5.76 Å². The number of ketones is 2. The largest absolute Gasteiger partial charge is 0.507 e. The third-order valence-corrected chi connectivity index (χ3v) is 6.28. The third-order valence-electron chi connectivity index (χ3n) is 6.28. The topological polar surface area (TPSA) is 54.4 Å². The summed E-state index contributed by atoms with van der Waals surface area (Å²) in [7, 11) is 0. The van der Waals surface area contributed by atoms with Crippen molar-refractivity contribution in [3.05, 3.63) is 41.0 Å². The van der Waals surface area contributed by atoms with Crippen LogP contribution in [0.1, 0.15) is 68.8 Å². The molecule has 1 saturated carbocycles. The van der Waals surface area contributed by atoms with E-state index in [1.165, 1.54) is 0 Å². The number of hydrogen-bond donors (Lipinski definition) is 1. The lowest BCUT2D eigenvalue weighted by Gasteiger charge is -2.39. The first kappa shape index (κ1) is 16.9. The minimum atomic E-state index is -0.510. The molecule has 24 heavy (non-hydrogen) atoms. The average Bonchev–Trinajstić information content (AvgIpc) is 2.60. The van der Waals surface area contributed by atoms with Gasteiger partial charge in [-0.1, -0.05) is 51.5 Å². The quantitative estimate of drug-likeness (QED) is 0.798. The molecule has 2 aliphatic rings. The molecule has 1 aromatic carbocycles. The molecule has 0 amide bonds. The first-order chi connectivity index (χ1) is 11.4. The van der Waals surface area contributed by atoms with Gasteiger partial charge in [0.15, 0.2) is 0 Å². The Morgan fingerprint density at radius 2 is 1.58 bits per heavy atom. The van der Waals surface area contributed by atoms with Crippen LogP contribution in [0.15, 0.2) is 29.8 Å². The highest BCUT2D eigenvalue weighted by molar-refractivity contribution is 6.52. The van der Waals surface area contributed by atoms with Gasteiger partial charge >= 0.3 is 0 Å². The smallest absolute Gasteiger partial charge is 0.234 e. The molecule has 0 atom stereocenters. The van der Waals surface area contributed by atoms with Gasteiger partial charge in [0, 0.05) is 16.7 Å². The summed E-state index contributed by atoms with van der Waals surface area (Å²) in [6.07, 6.45) is 4.97. The highest BCUT2D eigenvalue weighted by Crippen LogP contribution is 2.45. The summed E-state index contributed by atoms with van der Waals surface area (Å²) < 4.78 is 0. The fourth-order valence-electron chi connectivity index (χ4n) is 4.22. The zero-order chi connectivity index (χ0) is 17.5. The molecule has 0 unspecified atom stereocenters. The number of aliphatic hydroxyl groups is 1. The number of fused-ring (bicyclic) bond motifs is 1. The van der Waals surface area contributed by atoms with E-state index in [1.54, 1.807) is 24.3 Å². The van der Waals surface area contributed by atoms with E-state index in [1.807, 2.05) is 0 Å². The van der Waals surface area contributed by atoms with E-state index >= 15 is 0 Å². The van der Waals surface area contributed by atoms with Crippen LogP contribution in [0.25, 0.3) is 5.76 Å². The van der Waals surface area contributed by atoms with E-state index in [2.05, 4.69) is 20.8 Å². The molecule has 0 spiro atoms. The molecule has 0 aliphatic heterocycles. The lowest BCUT2D eigenvalue weighted by atomic mass is 9.65. The predicted molar refractivity (Wildman–Crippen MR) is 94.8 cm³/mol. The number of carbonyl (C=O) groups is 2. The summed E-state index contributed by atoms with van der Waals surface area (Å²) in [4.78, 5) is 25.0. The maximum absolute atomic E-state index is 12.6. The molecule has 128 valence electrons. The molecular weight excluding hydrogens is 300 g/mol. The number of Topliss-reactive ketones (excluding diaryl/α,β-unsaturated/α-hetero) is 2. The summed E-state index contributed by atoms with van der Waals surface area (Å²) in [6, 6.07) is 6.85. The van der Waals surface area contributed by atoms with Crippen LogP contribution >= 0.6 is 0 Å². The third kappa shape index (κ3) is 2.70. The Labute approximate surface area is 143 Å². The van der Waals surface area contributed by atoms with Crippen molar-refractivity contribution >= 4 is 17.3 Å². The van der Waals surface area contributed by atoms with Crippen molar-refractivity contribution in [3.8, 4) is 0 Å². The normalized spacial score (nSPS) is 25.0. The van der Waals surface area contributed by atoms with Gasteiger partial charge in [0.05, 0.1) is 0 Å². The summed E-state index contributed by atoms with van der Waals surface area (Å²) in [5, 5.41) is 10.6.